The molecule has 1 fully saturated rings. The number of carboxylic acid groups (broad SMARTS) is 1. The molecular weight excluding hydrogens is 198 g/mol. The third kappa shape index (κ3) is 2.40. The summed E-state index contributed by atoms with van der Waals surface area (Å²) in [7, 11) is 0. The second-order valence-electron chi connectivity index (χ2n) is 4.03. The minimum Gasteiger partial charge on any atom is -0.481 e. The lowest BCUT2D eigenvalue weighted by atomic mass is 9.85. The van der Waals surface area contributed by atoms with Crippen molar-refractivity contribution < 1.29 is 19.4 Å². The van der Waals surface area contributed by atoms with Crippen molar-refractivity contribution in [3.63, 3.8) is 0 Å². The lowest BCUT2D eigenvalue weighted by molar-refractivity contribution is -0.148. The Kier molecular flexibility index (Phi) is 3.55. The van der Waals surface area contributed by atoms with Gasteiger partial charge in [0.25, 0.3) is 0 Å². The Hall–Kier alpha value is -1.26. The molecule has 0 spiro atoms. The average molecular weight is 215 g/mol. The van der Waals surface area contributed by atoms with Crippen LogP contribution in [0.4, 0.5) is 4.79 Å². The molecule has 5 nitrogen and oxygen atoms in total. The zero-order chi connectivity index (χ0) is 11.5. The van der Waals surface area contributed by atoms with E-state index < -0.39 is 17.5 Å². The summed E-state index contributed by atoms with van der Waals surface area (Å²) in [4.78, 5) is 22.3. The van der Waals surface area contributed by atoms with E-state index >= 15 is 0 Å². The van der Waals surface area contributed by atoms with E-state index in [1.165, 1.54) is 0 Å². The van der Waals surface area contributed by atoms with Crippen LogP contribution in [0.2, 0.25) is 0 Å². The van der Waals surface area contributed by atoms with Gasteiger partial charge in [-0.25, -0.2) is 4.79 Å². The highest BCUT2D eigenvalue weighted by molar-refractivity contribution is 5.77. The van der Waals surface area contributed by atoms with Crippen LogP contribution in [0.1, 0.15) is 33.1 Å². The van der Waals surface area contributed by atoms with Crippen molar-refractivity contribution in [3.8, 4) is 0 Å². The summed E-state index contributed by atoms with van der Waals surface area (Å²) >= 11 is 0. The Labute approximate surface area is 88.8 Å². The van der Waals surface area contributed by atoms with Crippen LogP contribution in [-0.2, 0) is 9.53 Å². The van der Waals surface area contributed by atoms with Crippen LogP contribution in [0.15, 0.2) is 0 Å². The Balaban J connectivity index is 2.61. The molecule has 0 aromatic rings. The Morgan fingerprint density at radius 3 is 2.80 bits per heavy atom. The van der Waals surface area contributed by atoms with Gasteiger partial charge in [0.1, 0.15) is 0 Å². The molecule has 0 heterocycles. The predicted octanol–water partition coefficient (Wildman–Crippen LogP) is 1.38. The largest absolute Gasteiger partial charge is 0.481 e. The number of ether oxygens (including phenoxy) is 1. The van der Waals surface area contributed by atoms with Gasteiger partial charge < -0.3 is 15.2 Å². The molecule has 5 heteroatoms. The van der Waals surface area contributed by atoms with Crippen LogP contribution in [0, 0.1) is 5.41 Å². The quantitative estimate of drug-likeness (QED) is 0.745. The van der Waals surface area contributed by atoms with Gasteiger partial charge in [0.15, 0.2) is 0 Å². The highest BCUT2D eigenvalue weighted by atomic mass is 16.5. The number of carboxylic acids is 1. The number of nitrogens with one attached hydrogen (secondary N) is 1. The molecule has 2 unspecified atom stereocenters. The number of carbonyl (C=O) groups excluding carboxylic acids is 1. The molecule has 1 aliphatic carbocycles. The molecule has 15 heavy (non-hydrogen) atoms. The van der Waals surface area contributed by atoms with Crippen molar-refractivity contribution in [2.45, 2.75) is 39.2 Å². The van der Waals surface area contributed by atoms with Gasteiger partial charge in [-0.3, -0.25) is 4.79 Å². The van der Waals surface area contributed by atoms with Crippen LogP contribution in [0.3, 0.4) is 0 Å². The van der Waals surface area contributed by atoms with Crippen LogP contribution in [0.5, 0.6) is 0 Å². The number of carbonyl (C=O) groups is 2. The first-order chi connectivity index (χ1) is 7.00. The molecule has 2 N–H and O–H groups in total. The van der Waals surface area contributed by atoms with Crippen molar-refractivity contribution >= 4 is 12.1 Å². The van der Waals surface area contributed by atoms with Gasteiger partial charge in [-0.1, -0.05) is 6.42 Å². The Bertz CT molecular complexity index is 266. The van der Waals surface area contributed by atoms with Gasteiger partial charge >= 0.3 is 12.1 Å². The smallest absolute Gasteiger partial charge is 0.407 e. The molecule has 1 rings (SSSR count). The highest BCUT2D eigenvalue weighted by Crippen LogP contribution is 2.38. The van der Waals surface area contributed by atoms with Crippen molar-refractivity contribution in [1.82, 2.24) is 5.32 Å². The van der Waals surface area contributed by atoms with Crippen molar-refractivity contribution in [3.05, 3.63) is 0 Å². The average Bonchev–Trinajstić information content (AvgIpc) is 2.50. The summed E-state index contributed by atoms with van der Waals surface area (Å²) in [6, 6.07) is -0.325. The number of alkyl carbamates (subject to hydrolysis) is 1. The van der Waals surface area contributed by atoms with Crippen molar-refractivity contribution in [2.24, 2.45) is 5.41 Å². The standard InChI is InChI=1S/C10H17NO4/c1-3-15-9(14)11-7-5-4-6-10(7,2)8(12)13/h7H,3-6H2,1-2H3,(H,11,14)(H,12,13). The van der Waals surface area contributed by atoms with E-state index in [0.29, 0.717) is 19.4 Å². The number of hydrogen-bond donors (Lipinski definition) is 2. The molecule has 2 atom stereocenters. The van der Waals surface area contributed by atoms with Crippen molar-refractivity contribution in [2.75, 3.05) is 6.61 Å². The van der Waals surface area contributed by atoms with Gasteiger partial charge in [0.2, 0.25) is 0 Å². The summed E-state index contributed by atoms with van der Waals surface area (Å²) in [5, 5.41) is 11.7. The van der Waals surface area contributed by atoms with Crippen molar-refractivity contribution in [1.29, 1.82) is 0 Å². The number of aliphatic carboxylic acids is 1. The van der Waals surface area contributed by atoms with Crippen LogP contribution in [-0.4, -0.2) is 29.8 Å². The van der Waals surface area contributed by atoms with Gasteiger partial charge in [0.05, 0.1) is 12.0 Å². The summed E-state index contributed by atoms with van der Waals surface area (Å²) in [6.45, 7) is 3.67. The lowest BCUT2D eigenvalue weighted by Crippen LogP contribution is -2.47. The van der Waals surface area contributed by atoms with Gasteiger partial charge in [-0.2, -0.15) is 0 Å². The van der Waals surface area contributed by atoms with Gasteiger partial charge in [0, 0.05) is 6.04 Å². The van der Waals surface area contributed by atoms with E-state index in [9.17, 15) is 9.59 Å². The fourth-order valence-electron chi connectivity index (χ4n) is 1.97. The molecule has 86 valence electrons. The van der Waals surface area contributed by atoms with E-state index in [1.54, 1.807) is 13.8 Å². The number of hydrogen-bond acceptors (Lipinski definition) is 3. The van der Waals surface area contributed by atoms with Crippen LogP contribution in [0.25, 0.3) is 0 Å². The summed E-state index contributed by atoms with van der Waals surface area (Å²) in [6.07, 6.45) is 1.58. The first kappa shape index (κ1) is 11.8. The first-order valence-electron chi connectivity index (χ1n) is 5.17. The van der Waals surface area contributed by atoms with Crippen LogP contribution >= 0.6 is 0 Å². The predicted molar refractivity (Wildman–Crippen MR) is 53.5 cm³/mol. The topological polar surface area (TPSA) is 75.6 Å². The molecule has 0 saturated heterocycles. The maximum absolute atomic E-state index is 11.2. The highest BCUT2D eigenvalue weighted by Gasteiger charge is 2.46. The third-order valence-electron chi connectivity index (χ3n) is 3.01. The second-order valence-corrected chi connectivity index (χ2v) is 4.03. The molecule has 1 saturated carbocycles. The number of amides is 1. The Morgan fingerprint density at radius 1 is 1.60 bits per heavy atom. The first-order valence-corrected chi connectivity index (χ1v) is 5.17. The fraction of sp³-hybridized carbons (Fsp3) is 0.800. The molecule has 0 aliphatic heterocycles. The zero-order valence-corrected chi connectivity index (χ0v) is 9.08. The second kappa shape index (κ2) is 4.51. The maximum atomic E-state index is 11.2. The molecule has 0 radical (unpaired) electrons. The normalized spacial score (nSPS) is 29.9. The summed E-state index contributed by atoms with van der Waals surface area (Å²) < 4.78 is 4.73. The fourth-order valence-corrected chi connectivity index (χ4v) is 1.97. The summed E-state index contributed by atoms with van der Waals surface area (Å²) in [5.41, 5.74) is -0.854. The minimum atomic E-state index is -0.859. The van der Waals surface area contributed by atoms with E-state index in [4.69, 9.17) is 9.84 Å². The monoisotopic (exact) mass is 215 g/mol. The number of rotatable bonds is 3. The van der Waals surface area contributed by atoms with Gasteiger partial charge in [-0.15, -0.1) is 0 Å². The van der Waals surface area contributed by atoms with E-state index in [1.807, 2.05) is 0 Å². The molecule has 1 aliphatic rings. The molecule has 0 aromatic heterocycles. The Morgan fingerprint density at radius 2 is 2.27 bits per heavy atom. The molecule has 0 aromatic carbocycles. The SMILES string of the molecule is CCOC(=O)NC1CCCC1(C)C(=O)O. The maximum Gasteiger partial charge on any atom is 0.407 e. The third-order valence-corrected chi connectivity index (χ3v) is 3.01. The van der Waals surface area contributed by atoms with E-state index in [-0.39, 0.29) is 6.04 Å². The molecule has 0 bridgehead atoms. The van der Waals surface area contributed by atoms with E-state index in [2.05, 4.69) is 5.32 Å². The summed E-state index contributed by atoms with van der Waals surface area (Å²) in [5.74, 6) is -0.859. The van der Waals surface area contributed by atoms with Gasteiger partial charge in [-0.05, 0) is 26.7 Å². The molecule has 1 amide bonds. The lowest BCUT2D eigenvalue weighted by Gasteiger charge is -2.27. The van der Waals surface area contributed by atoms with Crippen LogP contribution < -0.4 is 5.32 Å². The minimum absolute atomic E-state index is 0.294. The van der Waals surface area contributed by atoms with E-state index in [0.717, 1.165) is 6.42 Å². The molecular formula is C10H17NO4. The zero-order valence-electron chi connectivity index (χ0n) is 9.08.